The summed E-state index contributed by atoms with van der Waals surface area (Å²) in [7, 11) is 2.84. The van der Waals surface area contributed by atoms with Gasteiger partial charge in [-0.15, -0.1) is 0 Å². The third-order valence-electron chi connectivity index (χ3n) is 0.750. The van der Waals surface area contributed by atoms with E-state index in [2.05, 4.69) is 0 Å². The minimum Gasteiger partial charge on any atom is -0.480 e. The summed E-state index contributed by atoms with van der Waals surface area (Å²) < 4.78 is 20.6. The van der Waals surface area contributed by atoms with Crippen molar-refractivity contribution in [2.24, 2.45) is 0 Å². The Labute approximate surface area is 53.1 Å². The maximum atomic E-state index is 10.4. The van der Waals surface area contributed by atoms with Gasteiger partial charge in [-0.3, -0.25) is 9.69 Å². The summed E-state index contributed by atoms with van der Waals surface area (Å²) in [6.45, 7) is -2.46. The quantitative estimate of drug-likeness (QED) is 0.558. The van der Waals surface area contributed by atoms with E-state index in [1.165, 1.54) is 14.1 Å². The van der Waals surface area contributed by atoms with E-state index in [1.807, 2.05) is 0 Å². The summed E-state index contributed by atoms with van der Waals surface area (Å²) in [5.41, 5.74) is 0. The number of carboxylic acids is 1. The normalized spacial score (nSPS) is 21.1. The largest absolute Gasteiger partial charge is 0.480 e. The van der Waals surface area contributed by atoms with E-state index in [0.717, 1.165) is 4.90 Å². The van der Waals surface area contributed by atoms with Crippen LogP contribution in [0.5, 0.6) is 0 Å². The van der Waals surface area contributed by atoms with Gasteiger partial charge in [0.2, 0.25) is 0 Å². The molecule has 0 fully saturated rings. The van der Waals surface area contributed by atoms with Gasteiger partial charge < -0.3 is 5.11 Å². The van der Waals surface area contributed by atoms with Crippen molar-refractivity contribution in [2.75, 3.05) is 14.1 Å². The topological polar surface area (TPSA) is 40.5 Å². The first-order valence-corrected chi connectivity index (χ1v) is 2.16. The highest BCUT2D eigenvalue weighted by atomic mass is 16.4. The van der Waals surface area contributed by atoms with Gasteiger partial charge in [0.15, 0.2) is 0 Å². The van der Waals surface area contributed by atoms with Crippen molar-refractivity contribution in [2.45, 2.75) is 12.9 Å². The first-order valence-electron chi connectivity index (χ1n) is 3.66. The molecule has 0 aliphatic carbocycles. The summed E-state index contributed by atoms with van der Waals surface area (Å²) in [5.74, 6) is -1.32. The number of carboxylic acid groups (broad SMARTS) is 1. The van der Waals surface area contributed by atoms with Gasteiger partial charge in [-0.25, -0.2) is 0 Å². The molecule has 48 valence electrons. The Hall–Kier alpha value is -0.570. The number of carbonyl (C=O) groups is 1. The molecule has 0 aromatic heterocycles. The molecule has 0 heterocycles. The van der Waals surface area contributed by atoms with Crippen molar-refractivity contribution in [3.05, 3.63) is 0 Å². The van der Waals surface area contributed by atoms with Gasteiger partial charge in [-0.05, 0) is 20.9 Å². The lowest BCUT2D eigenvalue weighted by atomic mass is 10.3. The summed E-state index contributed by atoms with van der Waals surface area (Å²) in [5, 5.41) is 8.48. The number of hydrogen-bond acceptors (Lipinski definition) is 2. The molecular weight excluding hydrogens is 106 g/mol. The van der Waals surface area contributed by atoms with Gasteiger partial charge in [-0.2, -0.15) is 0 Å². The van der Waals surface area contributed by atoms with E-state index >= 15 is 0 Å². The fraction of sp³-hybridized carbons (Fsp3) is 0.800. The molecular formula is C5H11NO2. The van der Waals surface area contributed by atoms with Crippen molar-refractivity contribution in [3.63, 3.8) is 0 Å². The van der Waals surface area contributed by atoms with Crippen LogP contribution in [0.15, 0.2) is 0 Å². The van der Waals surface area contributed by atoms with Crippen LogP contribution >= 0.6 is 0 Å². The Morgan fingerprint density at radius 3 is 2.38 bits per heavy atom. The number of hydrogen-bond donors (Lipinski definition) is 1. The Morgan fingerprint density at radius 1 is 1.88 bits per heavy atom. The van der Waals surface area contributed by atoms with Crippen molar-refractivity contribution in [1.29, 1.82) is 0 Å². The van der Waals surface area contributed by atoms with Crippen LogP contribution in [-0.2, 0) is 4.79 Å². The van der Waals surface area contributed by atoms with E-state index in [0.29, 0.717) is 0 Å². The van der Waals surface area contributed by atoms with Gasteiger partial charge >= 0.3 is 5.97 Å². The van der Waals surface area contributed by atoms with E-state index in [9.17, 15) is 4.79 Å². The second kappa shape index (κ2) is 2.67. The number of aliphatic carboxylic acids is 1. The number of rotatable bonds is 2. The third kappa shape index (κ3) is 1.93. The molecule has 1 unspecified atom stereocenters. The van der Waals surface area contributed by atoms with Gasteiger partial charge in [0.1, 0.15) is 6.04 Å². The average molecular weight is 120 g/mol. The predicted octanol–water partition coefficient (Wildman–Crippen LogP) is 0.0211. The first kappa shape index (κ1) is 3.45. The molecule has 1 N–H and O–H groups in total. The Morgan fingerprint density at radius 2 is 2.38 bits per heavy atom. The van der Waals surface area contributed by atoms with Crippen LogP contribution in [0.4, 0.5) is 0 Å². The molecule has 8 heavy (non-hydrogen) atoms. The van der Waals surface area contributed by atoms with E-state index in [4.69, 9.17) is 9.22 Å². The van der Waals surface area contributed by atoms with Crippen LogP contribution in [0, 0.1) is 0 Å². The third-order valence-corrected chi connectivity index (χ3v) is 0.750. The number of nitrogens with zero attached hydrogens (tertiary/aromatic N) is 1. The van der Waals surface area contributed by atoms with Gasteiger partial charge in [0.25, 0.3) is 0 Å². The zero-order chi connectivity index (χ0) is 9.23. The lowest BCUT2D eigenvalue weighted by Crippen LogP contribution is -2.32. The lowest BCUT2D eigenvalue weighted by Gasteiger charge is -2.13. The molecule has 1 atom stereocenters. The molecule has 0 aliphatic heterocycles. The fourth-order valence-corrected chi connectivity index (χ4v) is 0.221. The second-order valence-corrected chi connectivity index (χ2v) is 1.70. The first-order chi connectivity index (χ1) is 4.76. The minimum absolute atomic E-state index is 1.16. The molecule has 0 aliphatic rings. The van der Waals surface area contributed by atoms with Crippen LogP contribution < -0.4 is 0 Å². The van der Waals surface area contributed by atoms with E-state index in [1.54, 1.807) is 0 Å². The summed E-state index contributed by atoms with van der Waals surface area (Å²) in [4.78, 5) is 11.5. The van der Waals surface area contributed by atoms with E-state index < -0.39 is 18.9 Å². The van der Waals surface area contributed by atoms with Crippen LogP contribution in [0.3, 0.4) is 0 Å². The summed E-state index contributed by atoms with van der Waals surface area (Å²) in [6, 6.07) is -1.41. The van der Waals surface area contributed by atoms with Gasteiger partial charge in [-0.1, -0.05) is 0 Å². The van der Waals surface area contributed by atoms with Crippen LogP contribution in [0.2, 0.25) is 0 Å². The van der Waals surface area contributed by atoms with E-state index in [-0.39, 0.29) is 0 Å². The predicted molar refractivity (Wildman–Crippen MR) is 30.8 cm³/mol. The van der Waals surface area contributed by atoms with Crippen molar-refractivity contribution in [1.82, 2.24) is 4.90 Å². The molecule has 0 bridgehead atoms. The molecule has 0 aromatic carbocycles. The highest BCUT2D eigenvalue weighted by molar-refractivity contribution is 5.72. The molecule has 0 spiro atoms. The SMILES string of the molecule is [2H]C([2H])([2H])C(C(=O)O)N(C)C. The average Bonchev–Trinajstić information content (AvgIpc) is 1.54. The highest BCUT2D eigenvalue weighted by Crippen LogP contribution is 1.88. The van der Waals surface area contributed by atoms with Crippen LogP contribution in [0.25, 0.3) is 0 Å². The van der Waals surface area contributed by atoms with Crippen LogP contribution in [-0.4, -0.2) is 36.1 Å². The Kier molecular flexibility index (Phi) is 1.15. The van der Waals surface area contributed by atoms with Crippen LogP contribution in [0.1, 0.15) is 11.0 Å². The molecule has 3 heteroatoms. The van der Waals surface area contributed by atoms with Gasteiger partial charge in [0.05, 0.1) is 0 Å². The zero-order valence-electron chi connectivity index (χ0n) is 7.88. The summed E-state index contributed by atoms with van der Waals surface area (Å²) >= 11 is 0. The fourth-order valence-electron chi connectivity index (χ4n) is 0.221. The smallest absolute Gasteiger partial charge is 0.320 e. The Bertz CT molecular complexity index is 154. The second-order valence-electron chi connectivity index (χ2n) is 1.70. The van der Waals surface area contributed by atoms with Gasteiger partial charge in [0, 0.05) is 4.11 Å². The zero-order valence-corrected chi connectivity index (χ0v) is 4.88. The molecule has 0 amide bonds. The standard InChI is InChI=1S/C5H11NO2/c1-4(5(7)8)6(2)3/h4H,1-3H3,(H,7,8)/i1D3. The monoisotopic (exact) mass is 120 g/mol. The number of likely N-dealkylation sites (N-methyl/N-ethyl adjacent to an activating group) is 1. The molecule has 0 saturated heterocycles. The molecule has 0 rings (SSSR count). The maximum absolute atomic E-state index is 10.4. The minimum atomic E-state index is -2.46. The molecule has 0 aromatic rings. The molecule has 0 radical (unpaired) electrons. The summed E-state index contributed by atoms with van der Waals surface area (Å²) in [6.07, 6.45) is 0. The molecule has 0 saturated carbocycles. The maximum Gasteiger partial charge on any atom is 0.320 e. The van der Waals surface area contributed by atoms with Crippen molar-refractivity contribution in [3.8, 4) is 0 Å². The van der Waals surface area contributed by atoms with Crippen molar-refractivity contribution < 1.29 is 14.0 Å². The Balaban J connectivity index is 4.49. The van der Waals surface area contributed by atoms with Crippen molar-refractivity contribution >= 4 is 5.97 Å². The highest BCUT2D eigenvalue weighted by Gasteiger charge is 2.11. The molecule has 3 nitrogen and oxygen atoms in total. The lowest BCUT2D eigenvalue weighted by molar-refractivity contribution is -0.141.